The van der Waals surface area contributed by atoms with E-state index in [1.807, 2.05) is 20.8 Å². The average Bonchev–Trinajstić information content (AvgIpc) is 2.35. The fourth-order valence-corrected chi connectivity index (χ4v) is 3.52. The molecule has 0 aromatic heterocycles. The van der Waals surface area contributed by atoms with E-state index in [9.17, 15) is 8.42 Å². The van der Waals surface area contributed by atoms with Crippen molar-refractivity contribution in [1.82, 2.24) is 4.31 Å². The highest BCUT2D eigenvalue weighted by atomic mass is 32.2. The highest BCUT2D eigenvalue weighted by Gasteiger charge is 2.25. The van der Waals surface area contributed by atoms with Crippen LogP contribution in [0.25, 0.3) is 0 Å². The lowest BCUT2D eigenvalue weighted by Crippen LogP contribution is -2.34. The molecule has 0 saturated carbocycles. The zero-order valence-electron chi connectivity index (χ0n) is 11.1. The number of anilines is 1. The molecule has 1 aromatic rings. The minimum atomic E-state index is -3.50. The summed E-state index contributed by atoms with van der Waals surface area (Å²) in [5, 5.41) is 0. The van der Waals surface area contributed by atoms with E-state index in [1.54, 1.807) is 24.3 Å². The molecule has 0 aliphatic carbocycles. The average molecular weight is 271 g/mol. The predicted molar refractivity (Wildman–Crippen MR) is 73.5 cm³/mol. The minimum Gasteiger partial charge on any atom is -0.323 e. The van der Waals surface area contributed by atoms with E-state index in [-0.39, 0.29) is 10.8 Å². The molecule has 0 saturated heterocycles. The van der Waals surface area contributed by atoms with Gasteiger partial charge in [0.25, 0.3) is 0 Å². The molecule has 6 heteroatoms. The van der Waals surface area contributed by atoms with Crippen LogP contribution in [0.2, 0.25) is 0 Å². The Balaban J connectivity index is 3.18. The molecule has 0 atom stereocenters. The van der Waals surface area contributed by atoms with Gasteiger partial charge in [0.15, 0.2) is 0 Å². The maximum absolute atomic E-state index is 12.5. The SMILES string of the molecule is CCN(CC(C)C)S(=O)(=O)c1ccccc1NN. The zero-order chi connectivity index (χ0) is 13.8. The van der Waals surface area contributed by atoms with Crippen LogP contribution in [-0.2, 0) is 10.0 Å². The lowest BCUT2D eigenvalue weighted by atomic mass is 10.2. The summed E-state index contributed by atoms with van der Waals surface area (Å²) < 4.78 is 26.5. The van der Waals surface area contributed by atoms with Crippen molar-refractivity contribution in [2.24, 2.45) is 11.8 Å². The van der Waals surface area contributed by atoms with Crippen LogP contribution in [0, 0.1) is 5.92 Å². The number of sulfonamides is 1. The molecule has 0 amide bonds. The lowest BCUT2D eigenvalue weighted by Gasteiger charge is -2.23. The van der Waals surface area contributed by atoms with Gasteiger partial charge in [-0.3, -0.25) is 5.84 Å². The van der Waals surface area contributed by atoms with Crippen molar-refractivity contribution in [3.05, 3.63) is 24.3 Å². The number of nitrogens with two attached hydrogens (primary N) is 1. The largest absolute Gasteiger partial charge is 0.323 e. The van der Waals surface area contributed by atoms with Crippen molar-refractivity contribution in [2.45, 2.75) is 25.7 Å². The number of hydrogen-bond donors (Lipinski definition) is 2. The fourth-order valence-electron chi connectivity index (χ4n) is 1.75. The molecule has 0 bridgehead atoms. The highest BCUT2D eigenvalue weighted by Crippen LogP contribution is 2.24. The van der Waals surface area contributed by atoms with E-state index < -0.39 is 10.0 Å². The highest BCUT2D eigenvalue weighted by molar-refractivity contribution is 7.89. The van der Waals surface area contributed by atoms with Crippen molar-refractivity contribution < 1.29 is 8.42 Å². The van der Waals surface area contributed by atoms with Gasteiger partial charge in [0.1, 0.15) is 4.90 Å². The molecule has 0 unspecified atom stereocenters. The first-order chi connectivity index (χ1) is 8.43. The normalized spacial score (nSPS) is 12.1. The van der Waals surface area contributed by atoms with E-state index in [1.165, 1.54) is 4.31 Å². The second kappa shape index (κ2) is 6.17. The van der Waals surface area contributed by atoms with Crippen LogP contribution in [0.1, 0.15) is 20.8 Å². The summed E-state index contributed by atoms with van der Waals surface area (Å²) in [5.74, 6) is 5.63. The summed E-state index contributed by atoms with van der Waals surface area (Å²) in [7, 11) is -3.50. The summed E-state index contributed by atoms with van der Waals surface area (Å²) in [5.41, 5.74) is 2.84. The van der Waals surface area contributed by atoms with Crippen LogP contribution >= 0.6 is 0 Å². The Labute approximate surface area is 109 Å². The molecule has 0 aliphatic rings. The van der Waals surface area contributed by atoms with E-state index >= 15 is 0 Å². The third kappa shape index (κ3) is 3.22. The van der Waals surface area contributed by atoms with Gasteiger partial charge in [-0.05, 0) is 18.1 Å². The molecule has 102 valence electrons. The molecule has 0 radical (unpaired) electrons. The van der Waals surface area contributed by atoms with Gasteiger partial charge < -0.3 is 5.43 Å². The number of nitrogens with one attached hydrogen (secondary N) is 1. The van der Waals surface area contributed by atoms with Crippen molar-refractivity contribution in [2.75, 3.05) is 18.5 Å². The van der Waals surface area contributed by atoms with E-state index in [2.05, 4.69) is 5.43 Å². The van der Waals surface area contributed by atoms with E-state index in [0.29, 0.717) is 18.8 Å². The van der Waals surface area contributed by atoms with Gasteiger partial charge >= 0.3 is 0 Å². The monoisotopic (exact) mass is 271 g/mol. The minimum absolute atomic E-state index is 0.218. The number of nitrogen functional groups attached to an aromatic ring is 1. The van der Waals surface area contributed by atoms with Crippen molar-refractivity contribution in [1.29, 1.82) is 0 Å². The molecule has 5 nitrogen and oxygen atoms in total. The van der Waals surface area contributed by atoms with Gasteiger partial charge in [0.2, 0.25) is 10.0 Å². The van der Waals surface area contributed by atoms with Crippen molar-refractivity contribution in [3.63, 3.8) is 0 Å². The van der Waals surface area contributed by atoms with E-state index in [0.717, 1.165) is 0 Å². The second-order valence-corrected chi connectivity index (χ2v) is 6.40. The summed E-state index contributed by atoms with van der Waals surface area (Å²) in [6.45, 7) is 6.76. The molecular weight excluding hydrogens is 250 g/mol. The smallest absolute Gasteiger partial charge is 0.245 e. The molecule has 1 aromatic carbocycles. The van der Waals surface area contributed by atoms with Gasteiger partial charge in [-0.2, -0.15) is 4.31 Å². The number of hydrazine groups is 1. The van der Waals surface area contributed by atoms with Crippen LogP contribution in [-0.4, -0.2) is 25.8 Å². The number of benzene rings is 1. The summed E-state index contributed by atoms with van der Waals surface area (Å²) >= 11 is 0. The summed E-state index contributed by atoms with van der Waals surface area (Å²) in [4.78, 5) is 0.218. The Morgan fingerprint density at radius 2 is 1.94 bits per heavy atom. The van der Waals surface area contributed by atoms with Crippen LogP contribution in [0.3, 0.4) is 0 Å². The van der Waals surface area contributed by atoms with E-state index in [4.69, 9.17) is 5.84 Å². The third-order valence-corrected chi connectivity index (χ3v) is 4.58. The maximum Gasteiger partial charge on any atom is 0.245 e. The standard InChI is InChI=1S/C12H21N3O2S/c1-4-15(9-10(2)3)18(16,17)12-8-6-5-7-11(12)14-13/h5-8,10,14H,4,9,13H2,1-3H3. The first-order valence-electron chi connectivity index (χ1n) is 5.99. The maximum atomic E-state index is 12.5. The van der Waals surface area contributed by atoms with Crippen molar-refractivity contribution >= 4 is 15.7 Å². The Hall–Kier alpha value is -1.11. The van der Waals surface area contributed by atoms with Gasteiger partial charge in [0.05, 0.1) is 5.69 Å². The summed E-state index contributed by atoms with van der Waals surface area (Å²) in [6, 6.07) is 6.65. The number of nitrogens with zero attached hydrogens (tertiary/aromatic N) is 1. The quantitative estimate of drug-likeness (QED) is 0.609. The Bertz CT molecular complexity index is 486. The second-order valence-electron chi connectivity index (χ2n) is 4.49. The number of rotatable bonds is 6. The molecule has 0 fully saturated rings. The molecule has 3 N–H and O–H groups in total. The third-order valence-electron chi connectivity index (χ3n) is 2.58. The van der Waals surface area contributed by atoms with Gasteiger partial charge in [-0.15, -0.1) is 0 Å². The Kier molecular flexibility index (Phi) is 5.13. The first-order valence-corrected chi connectivity index (χ1v) is 7.43. The van der Waals surface area contributed by atoms with Crippen molar-refractivity contribution in [3.8, 4) is 0 Å². The van der Waals surface area contributed by atoms with Gasteiger partial charge in [-0.1, -0.05) is 32.9 Å². The van der Waals surface area contributed by atoms with Crippen LogP contribution < -0.4 is 11.3 Å². The molecule has 0 heterocycles. The summed E-state index contributed by atoms with van der Waals surface area (Å²) in [6.07, 6.45) is 0. The zero-order valence-corrected chi connectivity index (χ0v) is 11.9. The lowest BCUT2D eigenvalue weighted by molar-refractivity contribution is 0.381. The number of hydrogen-bond acceptors (Lipinski definition) is 4. The molecule has 1 rings (SSSR count). The van der Waals surface area contributed by atoms with Gasteiger partial charge in [0, 0.05) is 13.1 Å². The fraction of sp³-hybridized carbons (Fsp3) is 0.500. The van der Waals surface area contributed by atoms with Gasteiger partial charge in [-0.25, -0.2) is 8.42 Å². The molecule has 0 aliphatic heterocycles. The topological polar surface area (TPSA) is 75.4 Å². The van der Waals surface area contributed by atoms with Crippen LogP contribution in [0.4, 0.5) is 5.69 Å². The molecular formula is C12H21N3O2S. The Morgan fingerprint density at radius 3 is 2.44 bits per heavy atom. The molecule has 18 heavy (non-hydrogen) atoms. The first kappa shape index (κ1) is 14.9. The molecule has 0 spiro atoms. The van der Waals surface area contributed by atoms with Crippen LogP contribution in [0.15, 0.2) is 29.2 Å². The number of para-hydroxylation sites is 1. The van der Waals surface area contributed by atoms with Crippen LogP contribution in [0.5, 0.6) is 0 Å². The Morgan fingerprint density at radius 1 is 1.33 bits per heavy atom. The predicted octanol–water partition coefficient (Wildman–Crippen LogP) is 1.64.